The highest BCUT2D eigenvalue weighted by Crippen LogP contribution is 2.18. The van der Waals surface area contributed by atoms with Crippen LogP contribution in [0.5, 0.6) is 0 Å². The SMILES string of the molecule is COC(=O)Cc1cc(C(F)F)c(=O)[nH]c1CBr. The number of ether oxygens (including phenoxy) is 1. The Kier molecular flexibility index (Phi) is 4.80. The molecule has 1 aromatic heterocycles. The van der Waals surface area contributed by atoms with Gasteiger partial charge in [0.15, 0.2) is 0 Å². The molecular formula is C10H10BrF2NO3. The number of methoxy groups -OCH3 is 1. The molecule has 0 spiro atoms. The Labute approximate surface area is 104 Å². The highest BCUT2D eigenvalue weighted by atomic mass is 79.9. The van der Waals surface area contributed by atoms with Crippen molar-refractivity contribution in [2.45, 2.75) is 18.2 Å². The van der Waals surface area contributed by atoms with Gasteiger partial charge in [0.25, 0.3) is 12.0 Å². The van der Waals surface area contributed by atoms with Gasteiger partial charge in [0, 0.05) is 11.0 Å². The van der Waals surface area contributed by atoms with Crippen LogP contribution < -0.4 is 5.56 Å². The topological polar surface area (TPSA) is 59.2 Å². The average molecular weight is 310 g/mol. The molecule has 1 heterocycles. The molecule has 0 saturated carbocycles. The fourth-order valence-corrected chi connectivity index (χ4v) is 1.80. The Morgan fingerprint density at radius 2 is 2.24 bits per heavy atom. The van der Waals surface area contributed by atoms with Crippen LogP contribution in [-0.4, -0.2) is 18.1 Å². The number of nitrogens with one attached hydrogen (secondary N) is 1. The zero-order valence-corrected chi connectivity index (χ0v) is 10.5. The van der Waals surface area contributed by atoms with Crippen molar-refractivity contribution in [1.29, 1.82) is 0 Å². The van der Waals surface area contributed by atoms with Crippen molar-refractivity contribution in [3.63, 3.8) is 0 Å². The van der Waals surface area contributed by atoms with E-state index in [1.165, 1.54) is 7.11 Å². The largest absolute Gasteiger partial charge is 0.469 e. The highest BCUT2D eigenvalue weighted by molar-refractivity contribution is 9.08. The van der Waals surface area contributed by atoms with Gasteiger partial charge in [-0.05, 0) is 11.6 Å². The lowest BCUT2D eigenvalue weighted by Crippen LogP contribution is -2.18. The van der Waals surface area contributed by atoms with Crippen molar-refractivity contribution in [2.24, 2.45) is 0 Å². The van der Waals surface area contributed by atoms with Gasteiger partial charge in [-0.2, -0.15) is 0 Å². The summed E-state index contributed by atoms with van der Waals surface area (Å²) in [6, 6.07) is 1.04. The van der Waals surface area contributed by atoms with Gasteiger partial charge in [0.05, 0.1) is 19.1 Å². The highest BCUT2D eigenvalue weighted by Gasteiger charge is 2.17. The maximum Gasteiger partial charge on any atom is 0.310 e. The molecule has 0 saturated heterocycles. The van der Waals surface area contributed by atoms with Crippen LogP contribution in [0.4, 0.5) is 8.78 Å². The molecule has 0 radical (unpaired) electrons. The van der Waals surface area contributed by atoms with Crippen LogP contribution in [0.1, 0.15) is 23.2 Å². The van der Waals surface area contributed by atoms with E-state index in [1.54, 1.807) is 0 Å². The van der Waals surface area contributed by atoms with E-state index in [1.807, 2.05) is 0 Å². The summed E-state index contributed by atoms with van der Waals surface area (Å²) in [5.74, 6) is -0.556. The smallest absolute Gasteiger partial charge is 0.310 e. The van der Waals surface area contributed by atoms with E-state index < -0.39 is 23.5 Å². The molecule has 0 atom stereocenters. The van der Waals surface area contributed by atoms with E-state index in [9.17, 15) is 18.4 Å². The lowest BCUT2D eigenvalue weighted by molar-refractivity contribution is -0.139. The summed E-state index contributed by atoms with van der Waals surface area (Å²) in [5.41, 5.74) is -0.773. The first-order chi connectivity index (χ1) is 7.99. The van der Waals surface area contributed by atoms with Gasteiger partial charge in [0.2, 0.25) is 0 Å². The Morgan fingerprint density at radius 3 is 2.71 bits per heavy atom. The van der Waals surface area contributed by atoms with Crippen molar-refractivity contribution in [3.8, 4) is 0 Å². The number of hydrogen-bond donors (Lipinski definition) is 1. The number of carbonyl (C=O) groups excluding carboxylic acids is 1. The second kappa shape index (κ2) is 5.90. The summed E-state index contributed by atoms with van der Waals surface area (Å²) >= 11 is 3.11. The minimum absolute atomic E-state index is 0.159. The molecule has 4 nitrogen and oxygen atoms in total. The van der Waals surface area contributed by atoms with E-state index in [0.29, 0.717) is 11.3 Å². The number of esters is 1. The third-order valence-electron chi connectivity index (χ3n) is 2.18. The summed E-state index contributed by atoms with van der Waals surface area (Å²) in [6.45, 7) is 0. The summed E-state index contributed by atoms with van der Waals surface area (Å²) in [7, 11) is 1.20. The third kappa shape index (κ3) is 3.36. The minimum Gasteiger partial charge on any atom is -0.469 e. The van der Waals surface area contributed by atoms with Crippen LogP contribution in [0.25, 0.3) is 0 Å². The van der Waals surface area contributed by atoms with Crippen LogP contribution in [0.3, 0.4) is 0 Å². The summed E-state index contributed by atoms with van der Waals surface area (Å²) in [5, 5.41) is 0.262. The summed E-state index contributed by atoms with van der Waals surface area (Å²) < 4.78 is 29.5. The van der Waals surface area contributed by atoms with Crippen molar-refractivity contribution >= 4 is 21.9 Å². The van der Waals surface area contributed by atoms with E-state index >= 15 is 0 Å². The molecule has 0 aliphatic heterocycles. The first kappa shape index (κ1) is 13.8. The third-order valence-corrected chi connectivity index (χ3v) is 2.74. The van der Waals surface area contributed by atoms with Crippen molar-refractivity contribution in [2.75, 3.05) is 7.11 Å². The number of hydrogen-bond acceptors (Lipinski definition) is 3. The van der Waals surface area contributed by atoms with Gasteiger partial charge >= 0.3 is 5.97 Å². The van der Waals surface area contributed by atoms with Gasteiger partial charge < -0.3 is 9.72 Å². The quantitative estimate of drug-likeness (QED) is 0.683. The van der Waals surface area contributed by atoms with Gasteiger partial charge in [-0.3, -0.25) is 9.59 Å². The zero-order chi connectivity index (χ0) is 13.0. The number of aromatic nitrogens is 1. The van der Waals surface area contributed by atoms with Gasteiger partial charge in [0.1, 0.15) is 0 Å². The second-order valence-electron chi connectivity index (χ2n) is 3.24. The number of halogens is 3. The molecule has 0 fully saturated rings. The number of H-pyrrole nitrogens is 1. The van der Waals surface area contributed by atoms with Crippen LogP contribution in [0.15, 0.2) is 10.9 Å². The molecule has 0 aromatic carbocycles. The van der Waals surface area contributed by atoms with Crippen molar-refractivity contribution in [1.82, 2.24) is 4.98 Å². The van der Waals surface area contributed by atoms with Crippen LogP contribution in [0, 0.1) is 0 Å². The maximum absolute atomic E-state index is 12.5. The molecule has 7 heteroatoms. The minimum atomic E-state index is -2.88. The second-order valence-corrected chi connectivity index (χ2v) is 3.81. The first-order valence-corrected chi connectivity index (χ1v) is 5.77. The molecule has 1 N–H and O–H groups in total. The molecule has 0 amide bonds. The molecule has 0 unspecified atom stereocenters. The van der Waals surface area contributed by atoms with E-state index in [-0.39, 0.29) is 11.8 Å². The predicted octanol–water partition coefficient (Wildman–Crippen LogP) is 1.92. The van der Waals surface area contributed by atoms with Crippen molar-refractivity contribution in [3.05, 3.63) is 33.2 Å². The predicted molar refractivity (Wildman–Crippen MR) is 60.4 cm³/mol. The maximum atomic E-state index is 12.5. The number of rotatable bonds is 4. The molecule has 0 bridgehead atoms. The average Bonchev–Trinajstić information content (AvgIpc) is 2.30. The van der Waals surface area contributed by atoms with E-state index in [0.717, 1.165) is 6.07 Å². The van der Waals surface area contributed by atoms with Crippen LogP contribution >= 0.6 is 15.9 Å². The normalized spacial score (nSPS) is 10.6. The number of aromatic amines is 1. The molecule has 17 heavy (non-hydrogen) atoms. The molecule has 0 aliphatic rings. The standard InChI is InChI=1S/C10H10BrF2NO3/c1-17-8(15)3-5-2-6(9(12)13)10(16)14-7(5)4-11/h2,9H,3-4H2,1H3,(H,14,16). The van der Waals surface area contributed by atoms with E-state index in [4.69, 9.17) is 0 Å². The van der Waals surface area contributed by atoms with E-state index in [2.05, 4.69) is 25.7 Å². The van der Waals surface area contributed by atoms with Gasteiger partial charge in [-0.25, -0.2) is 8.78 Å². The first-order valence-electron chi connectivity index (χ1n) is 4.65. The molecule has 0 aliphatic carbocycles. The number of alkyl halides is 3. The Bertz CT molecular complexity index is 473. The molecule has 1 rings (SSSR count). The summed E-state index contributed by atoms with van der Waals surface area (Å²) in [4.78, 5) is 24.7. The molecule has 94 valence electrons. The Balaban J connectivity index is 3.21. The fraction of sp³-hybridized carbons (Fsp3) is 0.400. The fourth-order valence-electron chi connectivity index (χ4n) is 1.30. The van der Waals surface area contributed by atoms with Crippen molar-refractivity contribution < 1.29 is 18.3 Å². The molecular weight excluding hydrogens is 300 g/mol. The number of pyridine rings is 1. The van der Waals surface area contributed by atoms with Crippen LogP contribution in [-0.2, 0) is 21.3 Å². The Hall–Kier alpha value is -1.24. The summed E-state index contributed by atoms with van der Waals surface area (Å²) in [6.07, 6.45) is -3.03. The monoisotopic (exact) mass is 309 g/mol. The molecule has 1 aromatic rings. The Morgan fingerprint density at radius 1 is 1.59 bits per heavy atom. The van der Waals surface area contributed by atoms with Gasteiger partial charge in [-0.15, -0.1) is 0 Å². The zero-order valence-electron chi connectivity index (χ0n) is 8.93. The lowest BCUT2D eigenvalue weighted by Gasteiger charge is -2.08. The van der Waals surface area contributed by atoms with Crippen LogP contribution in [0.2, 0.25) is 0 Å². The number of carbonyl (C=O) groups is 1. The van der Waals surface area contributed by atoms with Gasteiger partial charge in [-0.1, -0.05) is 15.9 Å². The lowest BCUT2D eigenvalue weighted by atomic mass is 10.1.